The molecule has 0 saturated carbocycles. The van der Waals surface area contributed by atoms with E-state index in [2.05, 4.69) is 5.32 Å². The summed E-state index contributed by atoms with van der Waals surface area (Å²) in [5.74, 6) is 0.418. The first-order valence-corrected chi connectivity index (χ1v) is 10.7. The summed E-state index contributed by atoms with van der Waals surface area (Å²) in [6, 6.07) is 16.6. The minimum absolute atomic E-state index is 0.0731. The third-order valence-corrected chi connectivity index (χ3v) is 5.47. The normalized spacial score (nSPS) is 11.9. The van der Waals surface area contributed by atoms with Crippen LogP contribution in [0, 0.1) is 5.92 Å². The van der Waals surface area contributed by atoms with Gasteiger partial charge in [0.15, 0.2) is 0 Å². The molecular weight excluding hydrogens is 392 g/mol. The highest BCUT2D eigenvalue weighted by molar-refractivity contribution is 8.00. The van der Waals surface area contributed by atoms with Gasteiger partial charge in [0.05, 0.1) is 5.75 Å². The number of halogens is 1. The summed E-state index contributed by atoms with van der Waals surface area (Å²) < 4.78 is 0. The Morgan fingerprint density at radius 1 is 1.04 bits per heavy atom. The molecule has 0 saturated heterocycles. The van der Waals surface area contributed by atoms with E-state index in [-0.39, 0.29) is 17.6 Å². The van der Waals surface area contributed by atoms with Gasteiger partial charge in [0.2, 0.25) is 11.8 Å². The van der Waals surface area contributed by atoms with Gasteiger partial charge in [0.1, 0.15) is 6.04 Å². The van der Waals surface area contributed by atoms with E-state index >= 15 is 0 Å². The number of hydrogen-bond acceptors (Lipinski definition) is 3. The molecule has 0 bridgehead atoms. The molecular formula is C22H27ClN2O2S. The third-order valence-electron chi connectivity index (χ3n) is 4.22. The highest BCUT2D eigenvalue weighted by Gasteiger charge is 2.26. The van der Waals surface area contributed by atoms with Crippen molar-refractivity contribution in [1.82, 2.24) is 10.2 Å². The van der Waals surface area contributed by atoms with Gasteiger partial charge in [0.25, 0.3) is 0 Å². The molecule has 4 nitrogen and oxygen atoms in total. The molecule has 0 unspecified atom stereocenters. The molecule has 0 spiro atoms. The van der Waals surface area contributed by atoms with Crippen molar-refractivity contribution < 1.29 is 9.59 Å². The largest absolute Gasteiger partial charge is 0.354 e. The van der Waals surface area contributed by atoms with Gasteiger partial charge >= 0.3 is 0 Å². The summed E-state index contributed by atoms with van der Waals surface area (Å²) >= 11 is 7.44. The fourth-order valence-electron chi connectivity index (χ4n) is 2.57. The molecule has 2 amide bonds. The number of benzene rings is 2. The van der Waals surface area contributed by atoms with Gasteiger partial charge in [-0.2, -0.15) is 0 Å². The predicted molar refractivity (Wildman–Crippen MR) is 116 cm³/mol. The number of hydrogen-bond donors (Lipinski definition) is 1. The summed E-state index contributed by atoms with van der Waals surface area (Å²) in [7, 11) is 0. The molecule has 2 rings (SSSR count). The average molecular weight is 419 g/mol. The third kappa shape index (κ3) is 7.21. The molecule has 150 valence electrons. The van der Waals surface area contributed by atoms with Crippen LogP contribution in [0.5, 0.6) is 0 Å². The SMILES string of the molecule is CC(C)CNC(=O)[C@H](C)N(Cc1ccc(Cl)cc1)C(=O)CSc1ccccc1. The Morgan fingerprint density at radius 2 is 1.68 bits per heavy atom. The fraction of sp³-hybridized carbons (Fsp3) is 0.364. The topological polar surface area (TPSA) is 49.4 Å². The Hall–Kier alpha value is -1.98. The maximum atomic E-state index is 13.0. The van der Waals surface area contributed by atoms with Gasteiger partial charge in [-0.25, -0.2) is 0 Å². The van der Waals surface area contributed by atoms with Crippen molar-refractivity contribution in [2.45, 2.75) is 38.3 Å². The summed E-state index contributed by atoms with van der Waals surface area (Å²) in [5, 5.41) is 3.57. The Balaban J connectivity index is 2.10. The highest BCUT2D eigenvalue weighted by Crippen LogP contribution is 2.20. The van der Waals surface area contributed by atoms with Crippen LogP contribution < -0.4 is 5.32 Å². The van der Waals surface area contributed by atoms with Gasteiger partial charge in [-0.1, -0.05) is 55.8 Å². The summed E-state index contributed by atoms with van der Waals surface area (Å²) in [4.78, 5) is 28.2. The molecule has 2 aromatic carbocycles. The lowest BCUT2D eigenvalue weighted by Crippen LogP contribution is -2.48. The number of carbonyl (C=O) groups is 2. The number of thioether (sulfide) groups is 1. The van der Waals surface area contributed by atoms with Crippen molar-refractivity contribution in [1.29, 1.82) is 0 Å². The van der Waals surface area contributed by atoms with Crippen LogP contribution in [0.15, 0.2) is 59.5 Å². The molecule has 2 aromatic rings. The lowest BCUT2D eigenvalue weighted by molar-refractivity contribution is -0.138. The zero-order valence-corrected chi connectivity index (χ0v) is 18.1. The van der Waals surface area contributed by atoms with Crippen LogP contribution in [-0.4, -0.2) is 35.1 Å². The number of nitrogens with one attached hydrogen (secondary N) is 1. The molecule has 0 fully saturated rings. The molecule has 0 radical (unpaired) electrons. The van der Waals surface area contributed by atoms with Gasteiger partial charge in [-0.3, -0.25) is 9.59 Å². The van der Waals surface area contributed by atoms with Crippen molar-refractivity contribution in [2.24, 2.45) is 5.92 Å². The van der Waals surface area contributed by atoms with Crippen LogP contribution >= 0.6 is 23.4 Å². The van der Waals surface area contributed by atoms with Crippen LogP contribution in [-0.2, 0) is 16.1 Å². The van der Waals surface area contributed by atoms with Crippen LogP contribution in [0.4, 0.5) is 0 Å². The number of rotatable bonds is 9. The monoisotopic (exact) mass is 418 g/mol. The first-order valence-electron chi connectivity index (χ1n) is 9.36. The predicted octanol–water partition coefficient (Wildman–Crippen LogP) is 4.62. The Labute approximate surface area is 176 Å². The summed E-state index contributed by atoms with van der Waals surface area (Å²) in [6.07, 6.45) is 0. The van der Waals surface area contributed by atoms with E-state index in [9.17, 15) is 9.59 Å². The van der Waals surface area contributed by atoms with Crippen molar-refractivity contribution in [3.05, 3.63) is 65.2 Å². The molecule has 28 heavy (non-hydrogen) atoms. The van der Waals surface area contributed by atoms with Crippen molar-refractivity contribution in [3.8, 4) is 0 Å². The lowest BCUT2D eigenvalue weighted by Gasteiger charge is -2.29. The van der Waals surface area contributed by atoms with Crippen LogP contribution in [0.1, 0.15) is 26.3 Å². The quantitative estimate of drug-likeness (QED) is 0.604. The molecule has 1 N–H and O–H groups in total. The Bertz CT molecular complexity index is 766. The Morgan fingerprint density at radius 3 is 2.29 bits per heavy atom. The molecule has 1 atom stereocenters. The first-order chi connectivity index (χ1) is 13.4. The molecule has 0 aliphatic carbocycles. The number of amides is 2. The van der Waals surface area contributed by atoms with Crippen LogP contribution in [0.25, 0.3) is 0 Å². The van der Waals surface area contributed by atoms with E-state index < -0.39 is 6.04 Å². The molecule has 6 heteroatoms. The minimum Gasteiger partial charge on any atom is -0.354 e. The standard InChI is InChI=1S/C22H27ClN2O2S/c1-16(2)13-24-22(27)17(3)25(14-18-9-11-19(23)12-10-18)21(26)15-28-20-7-5-4-6-8-20/h4-12,16-17H,13-15H2,1-3H3,(H,24,27)/t17-/m0/s1. The van der Waals surface area contributed by atoms with E-state index in [1.807, 2.05) is 56.3 Å². The van der Waals surface area contributed by atoms with Gasteiger partial charge in [-0.15, -0.1) is 11.8 Å². The number of carbonyl (C=O) groups excluding carboxylic acids is 2. The van der Waals surface area contributed by atoms with E-state index in [0.29, 0.717) is 24.0 Å². The zero-order valence-electron chi connectivity index (χ0n) is 16.5. The molecule has 0 aliphatic rings. The average Bonchev–Trinajstić information content (AvgIpc) is 2.70. The van der Waals surface area contributed by atoms with Crippen LogP contribution in [0.3, 0.4) is 0 Å². The summed E-state index contributed by atoms with van der Waals surface area (Å²) in [6.45, 7) is 6.80. The lowest BCUT2D eigenvalue weighted by atomic mass is 10.1. The Kier molecular flexibility index (Phi) is 8.87. The van der Waals surface area contributed by atoms with Crippen LogP contribution in [0.2, 0.25) is 5.02 Å². The molecule has 0 heterocycles. The van der Waals surface area contributed by atoms with Gasteiger partial charge in [0, 0.05) is 23.0 Å². The maximum absolute atomic E-state index is 13.0. The second-order valence-electron chi connectivity index (χ2n) is 7.06. The fourth-order valence-corrected chi connectivity index (χ4v) is 3.50. The van der Waals surface area contributed by atoms with Crippen molar-refractivity contribution in [2.75, 3.05) is 12.3 Å². The van der Waals surface area contributed by atoms with E-state index in [1.165, 1.54) is 11.8 Å². The highest BCUT2D eigenvalue weighted by atomic mass is 35.5. The first kappa shape index (κ1) is 22.3. The van der Waals surface area contributed by atoms with Crippen molar-refractivity contribution >= 4 is 35.2 Å². The maximum Gasteiger partial charge on any atom is 0.242 e. The van der Waals surface area contributed by atoms with E-state index in [1.54, 1.807) is 24.0 Å². The zero-order chi connectivity index (χ0) is 20.5. The minimum atomic E-state index is -0.557. The van der Waals surface area contributed by atoms with Gasteiger partial charge < -0.3 is 10.2 Å². The molecule has 0 aromatic heterocycles. The summed E-state index contributed by atoms with van der Waals surface area (Å²) in [5.41, 5.74) is 0.936. The van der Waals surface area contributed by atoms with E-state index in [0.717, 1.165) is 10.5 Å². The smallest absolute Gasteiger partial charge is 0.242 e. The number of nitrogens with zero attached hydrogens (tertiary/aromatic N) is 1. The van der Waals surface area contributed by atoms with Gasteiger partial charge in [-0.05, 0) is 42.7 Å². The van der Waals surface area contributed by atoms with E-state index in [4.69, 9.17) is 11.6 Å². The van der Waals surface area contributed by atoms with Crippen molar-refractivity contribution in [3.63, 3.8) is 0 Å². The second kappa shape index (κ2) is 11.1. The second-order valence-corrected chi connectivity index (χ2v) is 8.55. The molecule has 0 aliphatic heterocycles.